The maximum Gasteiger partial charge on any atom is 0.223 e. The summed E-state index contributed by atoms with van der Waals surface area (Å²) in [6.45, 7) is 7.10. The van der Waals surface area contributed by atoms with Gasteiger partial charge < -0.3 is 15.0 Å². The second-order valence-electron chi connectivity index (χ2n) is 6.78. The highest BCUT2D eigenvalue weighted by Crippen LogP contribution is 2.27. The zero-order valence-electron chi connectivity index (χ0n) is 15.4. The van der Waals surface area contributed by atoms with Crippen LogP contribution in [-0.2, 0) is 9.53 Å². The monoisotopic (exact) mass is 377 g/mol. The summed E-state index contributed by atoms with van der Waals surface area (Å²) in [6, 6.07) is 3.94. The third kappa shape index (κ3) is 5.04. The second-order valence-corrected chi connectivity index (χ2v) is 7.72. The van der Waals surface area contributed by atoms with Crippen molar-refractivity contribution in [2.75, 3.05) is 31.1 Å². The quantitative estimate of drug-likeness (QED) is 0.716. The average molecular weight is 378 g/mol. The van der Waals surface area contributed by atoms with Crippen LogP contribution >= 0.6 is 11.3 Å². The summed E-state index contributed by atoms with van der Waals surface area (Å²) < 4.78 is 7.45. The molecule has 1 N–H and O–H groups in total. The van der Waals surface area contributed by atoms with Crippen LogP contribution in [0.3, 0.4) is 0 Å². The molecular formula is C18H27N5O2S. The highest BCUT2D eigenvalue weighted by Gasteiger charge is 2.26. The smallest absolute Gasteiger partial charge is 0.223 e. The number of amides is 1. The van der Waals surface area contributed by atoms with E-state index < -0.39 is 0 Å². The topological polar surface area (TPSA) is 72.3 Å². The van der Waals surface area contributed by atoms with Crippen LogP contribution in [0, 0.1) is 5.92 Å². The summed E-state index contributed by atoms with van der Waals surface area (Å²) in [5.74, 6) is 0.258. The number of hydrogen-bond donors (Lipinski definition) is 1. The van der Waals surface area contributed by atoms with Crippen LogP contribution in [0.5, 0.6) is 0 Å². The zero-order valence-corrected chi connectivity index (χ0v) is 16.2. The van der Waals surface area contributed by atoms with Gasteiger partial charge in [-0.05, 0) is 45.2 Å². The second kappa shape index (κ2) is 9.14. The Balaban J connectivity index is 1.40. The predicted molar refractivity (Wildman–Crippen MR) is 103 cm³/mol. The average Bonchev–Trinajstić information content (AvgIpc) is 3.32. The lowest BCUT2D eigenvalue weighted by molar-refractivity contribution is -0.125. The summed E-state index contributed by atoms with van der Waals surface area (Å²) in [7, 11) is 0. The number of ether oxygens (including phenoxy) is 1. The fraction of sp³-hybridized carbons (Fsp3) is 0.611. The van der Waals surface area contributed by atoms with Gasteiger partial charge in [0.2, 0.25) is 16.2 Å². The Morgan fingerprint density at radius 2 is 1.96 bits per heavy atom. The fourth-order valence-electron chi connectivity index (χ4n) is 2.98. The number of hydrogen-bond acceptors (Lipinski definition) is 6. The van der Waals surface area contributed by atoms with Crippen molar-refractivity contribution in [3.63, 3.8) is 0 Å². The standard InChI is InChI=1S/C18H27N5O2S/c1-14(2)25-13-5-8-19-16(24)15-6-11-23(12-7-15)18-21-20-17(26-18)22-9-3-4-10-22/h3-4,9-10,14-15H,5-8,11-13H2,1-2H3,(H,19,24). The van der Waals surface area contributed by atoms with Crippen molar-refractivity contribution in [1.82, 2.24) is 20.1 Å². The number of nitrogens with one attached hydrogen (secondary N) is 1. The molecule has 0 bridgehead atoms. The molecule has 1 saturated heterocycles. The van der Waals surface area contributed by atoms with Gasteiger partial charge in [0, 0.05) is 44.6 Å². The molecule has 26 heavy (non-hydrogen) atoms. The molecule has 2 aromatic heterocycles. The minimum atomic E-state index is 0.0918. The Morgan fingerprint density at radius 3 is 2.65 bits per heavy atom. The van der Waals surface area contributed by atoms with Crippen LogP contribution in [0.15, 0.2) is 24.5 Å². The van der Waals surface area contributed by atoms with Gasteiger partial charge in [-0.25, -0.2) is 0 Å². The van der Waals surface area contributed by atoms with Crippen molar-refractivity contribution in [2.45, 2.75) is 39.2 Å². The van der Waals surface area contributed by atoms with Gasteiger partial charge in [-0.15, -0.1) is 10.2 Å². The van der Waals surface area contributed by atoms with Crippen LogP contribution < -0.4 is 10.2 Å². The van der Waals surface area contributed by atoms with Crippen molar-refractivity contribution in [3.8, 4) is 5.13 Å². The maximum absolute atomic E-state index is 12.3. The van der Waals surface area contributed by atoms with E-state index in [2.05, 4.69) is 20.4 Å². The fourth-order valence-corrected chi connectivity index (χ4v) is 3.85. The Morgan fingerprint density at radius 1 is 1.27 bits per heavy atom. The molecule has 3 heterocycles. The van der Waals surface area contributed by atoms with Crippen LogP contribution in [0.2, 0.25) is 0 Å². The highest BCUT2D eigenvalue weighted by molar-refractivity contribution is 7.17. The zero-order chi connectivity index (χ0) is 18.4. The molecule has 1 fully saturated rings. The molecule has 0 atom stereocenters. The number of carbonyl (C=O) groups is 1. The van der Waals surface area contributed by atoms with E-state index in [4.69, 9.17) is 4.74 Å². The first-order valence-electron chi connectivity index (χ1n) is 9.24. The molecule has 0 radical (unpaired) electrons. The van der Waals surface area contributed by atoms with E-state index >= 15 is 0 Å². The van der Waals surface area contributed by atoms with E-state index in [-0.39, 0.29) is 17.9 Å². The molecule has 8 heteroatoms. The molecule has 0 aromatic carbocycles. The lowest BCUT2D eigenvalue weighted by Crippen LogP contribution is -2.41. The minimum Gasteiger partial charge on any atom is -0.379 e. The van der Waals surface area contributed by atoms with Crippen molar-refractivity contribution >= 4 is 22.4 Å². The van der Waals surface area contributed by atoms with Crippen LogP contribution in [0.1, 0.15) is 33.1 Å². The molecule has 1 amide bonds. The normalized spacial score (nSPS) is 15.6. The van der Waals surface area contributed by atoms with E-state index in [1.807, 2.05) is 42.9 Å². The SMILES string of the molecule is CC(C)OCCCNC(=O)C1CCN(c2nnc(-n3cccc3)s2)CC1. The van der Waals surface area contributed by atoms with Crippen molar-refractivity contribution in [3.05, 3.63) is 24.5 Å². The molecule has 0 spiro atoms. The van der Waals surface area contributed by atoms with Gasteiger partial charge in [0.1, 0.15) is 0 Å². The van der Waals surface area contributed by atoms with E-state index in [9.17, 15) is 4.79 Å². The van der Waals surface area contributed by atoms with Gasteiger partial charge in [0.15, 0.2) is 0 Å². The van der Waals surface area contributed by atoms with Crippen molar-refractivity contribution in [1.29, 1.82) is 0 Å². The van der Waals surface area contributed by atoms with Gasteiger partial charge in [-0.3, -0.25) is 9.36 Å². The molecule has 0 unspecified atom stereocenters. The van der Waals surface area contributed by atoms with Crippen LogP contribution in [-0.4, -0.2) is 53.0 Å². The maximum atomic E-state index is 12.3. The van der Waals surface area contributed by atoms with E-state index in [1.165, 1.54) is 0 Å². The van der Waals surface area contributed by atoms with Gasteiger partial charge in [-0.1, -0.05) is 11.3 Å². The van der Waals surface area contributed by atoms with Gasteiger partial charge >= 0.3 is 0 Å². The highest BCUT2D eigenvalue weighted by atomic mass is 32.1. The Hall–Kier alpha value is -1.93. The number of carbonyl (C=O) groups excluding carboxylic acids is 1. The van der Waals surface area contributed by atoms with Crippen molar-refractivity contribution < 1.29 is 9.53 Å². The predicted octanol–water partition coefficient (Wildman–Crippen LogP) is 2.48. The molecular weight excluding hydrogens is 350 g/mol. The molecule has 142 valence electrons. The largest absolute Gasteiger partial charge is 0.379 e. The van der Waals surface area contributed by atoms with Gasteiger partial charge in [0.05, 0.1) is 6.10 Å². The third-order valence-corrected chi connectivity index (χ3v) is 5.43. The summed E-state index contributed by atoms with van der Waals surface area (Å²) >= 11 is 1.58. The number of anilines is 1. The molecule has 7 nitrogen and oxygen atoms in total. The third-order valence-electron chi connectivity index (χ3n) is 4.44. The number of nitrogens with zero attached hydrogens (tertiary/aromatic N) is 4. The Kier molecular flexibility index (Phi) is 6.62. The molecule has 1 aliphatic rings. The lowest BCUT2D eigenvalue weighted by atomic mass is 9.96. The summed E-state index contributed by atoms with van der Waals surface area (Å²) in [5, 5.41) is 13.4. The van der Waals surface area contributed by atoms with E-state index in [0.29, 0.717) is 13.2 Å². The first-order valence-corrected chi connectivity index (χ1v) is 10.1. The molecule has 2 aromatic rings. The molecule has 0 aliphatic carbocycles. The number of rotatable bonds is 8. The van der Waals surface area contributed by atoms with Gasteiger partial charge in [0.25, 0.3) is 0 Å². The van der Waals surface area contributed by atoms with E-state index in [1.54, 1.807) is 11.3 Å². The van der Waals surface area contributed by atoms with Crippen molar-refractivity contribution in [2.24, 2.45) is 5.92 Å². The number of aromatic nitrogens is 3. The van der Waals surface area contributed by atoms with Gasteiger partial charge in [-0.2, -0.15) is 0 Å². The minimum absolute atomic E-state index is 0.0918. The Labute approximate surface area is 158 Å². The summed E-state index contributed by atoms with van der Waals surface area (Å²) in [6.07, 6.45) is 6.74. The molecule has 1 aliphatic heterocycles. The summed E-state index contributed by atoms with van der Waals surface area (Å²) in [4.78, 5) is 14.5. The van der Waals surface area contributed by atoms with Crippen LogP contribution in [0.25, 0.3) is 5.13 Å². The number of piperidine rings is 1. The first-order chi connectivity index (χ1) is 12.6. The molecule has 3 rings (SSSR count). The molecule has 0 saturated carbocycles. The van der Waals surface area contributed by atoms with E-state index in [0.717, 1.165) is 42.6 Å². The Bertz CT molecular complexity index is 678. The van der Waals surface area contributed by atoms with Crippen LogP contribution in [0.4, 0.5) is 5.13 Å². The first kappa shape index (κ1) is 18.8. The lowest BCUT2D eigenvalue weighted by Gasteiger charge is -2.30. The summed E-state index contributed by atoms with van der Waals surface area (Å²) in [5.41, 5.74) is 0.